The Morgan fingerprint density at radius 3 is 2.83 bits per heavy atom. The van der Waals surface area contributed by atoms with Gasteiger partial charge < -0.3 is 14.6 Å². The summed E-state index contributed by atoms with van der Waals surface area (Å²) in [6.45, 7) is 2.25. The molecule has 1 N–H and O–H groups in total. The van der Waals surface area contributed by atoms with E-state index in [2.05, 4.69) is 15.9 Å². The average Bonchev–Trinajstić information content (AvgIpc) is 2.32. The van der Waals surface area contributed by atoms with Crippen LogP contribution in [0.5, 0.6) is 5.75 Å². The number of carbonyl (C=O) groups is 1. The second kappa shape index (κ2) is 7.33. The molecule has 1 rings (SSSR count). The molecule has 0 saturated heterocycles. The fourth-order valence-electron chi connectivity index (χ4n) is 1.33. The van der Waals surface area contributed by atoms with E-state index in [9.17, 15) is 9.18 Å². The normalized spacial score (nSPS) is 12.2. The highest BCUT2D eigenvalue weighted by molar-refractivity contribution is 9.10. The van der Waals surface area contributed by atoms with E-state index in [1.165, 1.54) is 18.2 Å². The van der Waals surface area contributed by atoms with Crippen LogP contribution in [0.4, 0.5) is 4.39 Å². The molecule has 0 aliphatic carbocycles. The summed E-state index contributed by atoms with van der Waals surface area (Å²) in [7, 11) is 0. The van der Waals surface area contributed by atoms with Gasteiger partial charge in [0.2, 0.25) is 0 Å². The number of carboxylic acid groups (broad SMARTS) is 1. The second-order valence-corrected chi connectivity index (χ2v) is 4.35. The van der Waals surface area contributed by atoms with Gasteiger partial charge in [0.25, 0.3) is 0 Å². The molecule has 0 amide bonds. The minimum Gasteiger partial charge on any atom is -0.493 e. The van der Waals surface area contributed by atoms with Gasteiger partial charge in [0.15, 0.2) is 6.10 Å². The van der Waals surface area contributed by atoms with Crippen molar-refractivity contribution >= 4 is 21.9 Å². The lowest BCUT2D eigenvalue weighted by molar-refractivity contribution is -0.150. The van der Waals surface area contributed by atoms with Gasteiger partial charge >= 0.3 is 5.97 Å². The van der Waals surface area contributed by atoms with E-state index in [-0.39, 0.29) is 18.8 Å². The number of ether oxygens (including phenoxy) is 2. The molecule has 6 heteroatoms. The lowest BCUT2D eigenvalue weighted by Crippen LogP contribution is -2.26. The first kappa shape index (κ1) is 14.9. The summed E-state index contributed by atoms with van der Waals surface area (Å²) in [6.07, 6.45) is -0.642. The minimum atomic E-state index is -1.01. The Morgan fingerprint density at radius 2 is 2.28 bits per heavy atom. The van der Waals surface area contributed by atoms with Crippen molar-refractivity contribution in [3.63, 3.8) is 0 Å². The molecular formula is C12H14BrFO4. The monoisotopic (exact) mass is 320 g/mol. The summed E-state index contributed by atoms with van der Waals surface area (Å²) in [5.74, 6) is -0.912. The average molecular weight is 321 g/mol. The SMILES string of the molecule is CCOC(CCOc1ccc(F)c(Br)c1)C(=O)O. The Kier molecular flexibility index (Phi) is 6.07. The quantitative estimate of drug-likeness (QED) is 0.839. The van der Waals surface area contributed by atoms with Crippen molar-refractivity contribution in [1.29, 1.82) is 0 Å². The molecule has 1 aromatic rings. The zero-order chi connectivity index (χ0) is 13.5. The first-order chi connectivity index (χ1) is 8.54. The molecule has 0 radical (unpaired) electrons. The van der Waals surface area contributed by atoms with Gasteiger partial charge in [0, 0.05) is 13.0 Å². The summed E-state index contributed by atoms with van der Waals surface area (Å²) in [5.41, 5.74) is 0. The van der Waals surface area contributed by atoms with E-state index in [4.69, 9.17) is 14.6 Å². The molecule has 100 valence electrons. The molecule has 0 spiro atoms. The fraction of sp³-hybridized carbons (Fsp3) is 0.417. The van der Waals surface area contributed by atoms with Crippen LogP contribution in [0.1, 0.15) is 13.3 Å². The van der Waals surface area contributed by atoms with Crippen LogP contribution < -0.4 is 4.74 Å². The number of rotatable bonds is 7. The lowest BCUT2D eigenvalue weighted by Gasteiger charge is -2.13. The van der Waals surface area contributed by atoms with Crippen molar-refractivity contribution in [2.45, 2.75) is 19.4 Å². The predicted molar refractivity (Wildman–Crippen MR) is 67.3 cm³/mol. The Morgan fingerprint density at radius 1 is 1.56 bits per heavy atom. The van der Waals surface area contributed by atoms with Gasteiger partial charge in [-0.2, -0.15) is 0 Å². The van der Waals surface area contributed by atoms with Crippen LogP contribution in [-0.2, 0) is 9.53 Å². The van der Waals surface area contributed by atoms with Gasteiger partial charge in [-0.25, -0.2) is 9.18 Å². The summed E-state index contributed by atoms with van der Waals surface area (Å²) >= 11 is 3.04. The van der Waals surface area contributed by atoms with Crippen LogP contribution in [0.3, 0.4) is 0 Å². The highest BCUT2D eigenvalue weighted by atomic mass is 79.9. The van der Waals surface area contributed by atoms with E-state index in [0.29, 0.717) is 16.8 Å². The highest BCUT2D eigenvalue weighted by Crippen LogP contribution is 2.21. The van der Waals surface area contributed by atoms with Crippen molar-refractivity contribution in [2.24, 2.45) is 0 Å². The number of hydrogen-bond donors (Lipinski definition) is 1. The van der Waals surface area contributed by atoms with Crippen molar-refractivity contribution in [2.75, 3.05) is 13.2 Å². The number of aliphatic carboxylic acids is 1. The molecule has 0 bridgehead atoms. The van der Waals surface area contributed by atoms with E-state index in [1.54, 1.807) is 6.92 Å². The smallest absolute Gasteiger partial charge is 0.332 e. The summed E-state index contributed by atoms with van der Waals surface area (Å²) < 4.78 is 23.6. The summed E-state index contributed by atoms with van der Waals surface area (Å²) in [6, 6.07) is 4.25. The Labute approximate surface area is 113 Å². The molecule has 1 aromatic carbocycles. The third-order valence-corrected chi connectivity index (χ3v) is 2.79. The van der Waals surface area contributed by atoms with Crippen molar-refractivity contribution in [3.05, 3.63) is 28.5 Å². The predicted octanol–water partition coefficient (Wildman–Crippen LogP) is 2.85. The molecule has 18 heavy (non-hydrogen) atoms. The topological polar surface area (TPSA) is 55.8 Å². The van der Waals surface area contributed by atoms with E-state index >= 15 is 0 Å². The molecule has 0 aliphatic heterocycles. The third-order valence-electron chi connectivity index (χ3n) is 2.18. The standard InChI is InChI=1S/C12H14BrFO4/c1-2-17-11(12(15)16)5-6-18-8-3-4-10(14)9(13)7-8/h3-4,7,11H,2,5-6H2,1H3,(H,15,16). The van der Waals surface area contributed by atoms with Crippen LogP contribution in [0.2, 0.25) is 0 Å². The summed E-state index contributed by atoms with van der Waals surface area (Å²) in [4.78, 5) is 10.8. The van der Waals surface area contributed by atoms with E-state index < -0.39 is 12.1 Å². The summed E-state index contributed by atoms with van der Waals surface area (Å²) in [5, 5.41) is 8.84. The maximum atomic E-state index is 13.0. The van der Waals surface area contributed by atoms with Crippen molar-refractivity contribution < 1.29 is 23.8 Å². The first-order valence-corrected chi connectivity index (χ1v) is 6.26. The first-order valence-electron chi connectivity index (χ1n) is 5.46. The maximum absolute atomic E-state index is 13.0. The van der Waals surface area contributed by atoms with E-state index in [1.807, 2.05) is 0 Å². The van der Waals surface area contributed by atoms with Crippen LogP contribution in [0, 0.1) is 5.82 Å². The van der Waals surface area contributed by atoms with Gasteiger partial charge in [0.1, 0.15) is 11.6 Å². The van der Waals surface area contributed by atoms with E-state index in [0.717, 1.165) is 0 Å². The molecule has 1 atom stereocenters. The number of hydrogen-bond acceptors (Lipinski definition) is 3. The largest absolute Gasteiger partial charge is 0.493 e. The molecule has 4 nitrogen and oxygen atoms in total. The second-order valence-electron chi connectivity index (χ2n) is 3.50. The lowest BCUT2D eigenvalue weighted by atomic mass is 10.2. The molecule has 1 unspecified atom stereocenters. The molecule has 0 aromatic heterocycles. The zero-order valence-electron chi connectivity index (χ0n) is 9.86. The molecular weight excluding hydrogens is 307 g/mol. The fourth-order valence-corrected chi connectivity index (χ4v) is 1.69. The van der Waals surface area contributed by atoms with Crippen molar-refractivity contribution in [3.8, 4) is 5.75 Å². The molecule has 0 heterocycles. The molecule has 0 saturated carbocycles. The van der Waals surface area contributed by atoms with Gasteiger partial charge in [-0.05, 0) is 41.1 Å². The Bertz CT molecular complexity index is 411. The van der Waals surface area contributed by atoms with Gasteiger partial charge in [-0.1, -0.05) is 0 Å². The molecule has 0 aliphatic rings. The number of carboxylic acids is 1. The third kappa shape index (κ3) is 4.62. The number of halogens is 2. The highest BCUT2D eigenvalue weighted by Gasteiger charge is 2.17. The van der Waals surface area contributed by atoms with Crippen molar-refractivity contribution in [1.82, 2.24) is 0 Å². The Hall–Kier alpha value is -1.14. The van der Waals surface area contributed by atoms with Gasteiger partial charge in [-0.15, -0.1) is 0 Å². The van der Waals surface area contributed by atoms with Gasteiger partial charge in [0.05, 0.1) is 11.1 Å². The number of benzene rings is 1. The van der Waals surface area contributed by atoms with Crippen LogP contribution in [0.25, 0.3) is 0 Å². The zero-order valence-corrected chi connectivity index (χ0v) is 11.4. The minimum absolute atomic E-state index is 0.190. The maximum Gasteiger partial charge on any atom is 0.332 e. The van der Waals surface area contributed by atoms with Crippen LogP contribution in [0.15, 0.2) is 22.7 Å². The molecule has 0 fully saturated rings. The van der Waals surface area contributed by atoms with Crippen LogP contribution in [-0.4, -0.2) is 30.4 Å². The van der Waals surface area contributed by atoms with Crippen LogP contribution >= 0.6 is 15.9 Å². The Balaban J connectivity index is 2.44. The van der Waals surface area contributed by atoms with Gasteiger partial charge in [-0.3, -0.25) is 0 Å².